The van der Waals surface area contributed by atoms with Crippen molar-refractivity contribution in [3.8, 4) is 11.5 Å². The molecule has 0 spiro atoms. The minimum atomic E-state index is -2.92. The van der Waals surface area contributed by atoms with E-state index in [2.05, 4.69) is 11.7 Å². The van der Waals surface area contributed by atoms with Crippen LogP contribution in [0.5, 0.6) is 11.5 Å². The summed E-state index contributed by atoms with van der Waals surface area (Å²) in [5.41, 5.74) is 1.89. The second kappa shape index (κ2) is 8.29. The number of halogens is 2. The molecule has 0 saturated carbocycles. The Kier molecular flexibility index (Phi) is 6.36. The fraction of sp³-hybridized carbons (Fsp3) is 0.389. The summed E-state index contributed by atoms with van der Waals surface area (Å²) in [4.78, 5) is 16.1. The van der Waals surface area contributed by atoms with Crippen LogP contribution in [0.3, 0.4) is 0 Å². The van der Waals surface area contributed by atoms with Gasteiger partial charge in [-0.25, -0.2) is 0 Å². The summed E-state index contributed by atoms with van der Waals surface area (Å²) >= 11 is 1.50. The molecular weight excluding hydrogens is 348 g/mol. The van der Waals surface area contributed by atoms with Crippen molar-refractivity contribution in [2.75, 3.05) is 14.2 Å². The molecule has 2 rings (SSSR count). The smallest absolute Gasteiger partial charge is 0.387 e. The Morgan fingerprint density at radius 2 is 2.00 bits per heavy atom. The second-order valence-corrected chi connectivity index (χ2v) is 6.73. The van der Waals surface area contributed by atoms with E-state index in [1.54, 1.807) is 24.1 Å². The molecule has 7 heteroatoms. The van der Waals surface area contributed by atoms with Gasteiger partial charge in [-0.2, -0.15) is 8.78 Å². The fourth-order valence-corrected chi connectivity index (χ4v) is 3.62. The maximum Gasteiger partial charge on any atom is 0.387 e. The molecule has 2 aromatic rings. The van der Waals surface area contributed by atoms with Gasteiger partial charge in [0.15, 0.2) is 11.5 Å². The van der Waals surface area contributed by atoms with E-state index >= 15 is 0 Å². The summed E-state index contributed by atoms with van der Waals surface area (Å²) in [5, 5.41) is 0. The van der Waals surface area contributed by atoms with Crippen LogP contribution < -0.4 is 9.47 Å². The van der Waals surface area contributed by atoms with E-state index in [1.165, 1.54) is 29.4 Å². The fourth-order valence-electron chi connectivity index (χ4n) is 2.51. The number of aryl methyl sites for hydroxylation is 2. The van der Waals surface area contributed by atoms with Crippen molar-refractivity contribution in [3.63, 3.8) is 0 Å². The van der Waals surface area contributed by atoms with Crippen LogP contribution in [-0.2, 0) is 13.0 Å². The van der Waals surface area contributed by atoms with Crippen molar-refractivity contribution in [1.29, 1.82) is 0 Å². The van der Waals surface area contributed by atoms with Crippen LogP contribution >= 0.6 is 11.3 Å². The summed E-state index contributed by atoms with van der Waals surface area (Å²) in [7, 11) is 3.09. The number of nitrogens with zero attached hydrogens (tertiary/aromatic N) is 1. The van der Waals surface area contributed by atoms with Crippen LogP contribution in [0.25, 0.3) is 0 Å². The number of thiophene rings is 1. The molecule has 0 aliphatic carbocycles. The molecular formula is C18H21F2NO3S. The van der Waals surface area contributed by atoms with Gasteiger partial charge in [-0.3, -0.25) is 4.79 Å². The monoisotopic (exact) mass is 369 g/mol. The lowest BCUT2D eigenvalue weighted by Crippen LogP contribution is -2.25. The third kappa shape index (κ3) is 4.69. The highest BCUT2D eigenvalue weighted by Crippen LogP contribution is 2.30. The molecule has 0 N–H and O–H groups in total. The first-order valence-electron chi connectivity index (χ1n) is 7.82. The lowest BCUT2D eigenvalue weighted by Gasteiger charge is -2.18. The molecule has 0 bridgehead atoms. The Hall–Kier alpha value is -2.15. The van der Waals surface area contributed by atoms with E-state index in [4.69, 9.17) is 4.74 Å². The zero-order chi connectivity index (χ0) is 18.6. The Balaban J connectivity index is 2.13. The molecule has 1 aromatic heterocycles. The third-order valence-corrected chi connectivity index (χ3v) is 5.13. The standard InChI is InChI=1S/C18H21F2NO3S/c1-5-15-11(2)8-16(25-15)17(22)21(3)10-12-6-7-13(24-18(19)20)14(9-12)23-4/h6-9,18H,5,10H2,1-4H3. The van der Waals surface area contributed by atoms with E-state index in [0.717, 1.165) is 17.5 Å². The third-order valence-electron chi connectivity index (χ3n) is 3.76. The van der Waals surface area contributed by atoms with Gasteiger partial charge in [0.25, 0.3) is 5.91 Å². The van der Waals surface area contributed by atoms with Crippen LogP contribution in [-0.4, -0.2) is 31.6 Å². The molecule has 0 fully saturated rings. The van der Waals surface area contributed by atoms with Crippen molar-refractivity contribution in [2.24, 2.45) is 0 Å². The molecule has 0 radical (unpaired) electrons. The summed E-state index contributed by atoms with van der Waals surface area (Å²) in [6.07, 6.45) is 0.899. The van der Waals surface area contributed by atoms with Gasteiger partial charge in [0.2, 0.25) is 0 Å². The molecule has 136 valence electrons. The van der Waals surface area contributed by atoms with E-state index < -0.39 is 6.61 Å². The van der Waals surface area contributed by atoms with Gasteiger partial charge in [0, 0.05) is 18.5 Å². The van der Waals surface area contributed by atoms with Gasteiger partial charge in [-0.15, -0.1) is 11.3 Å². The van der Waals surface area contributed by atoms with Gasteiger partial charge in [-0.1, -0.05) is 13.0 Å². The largest absolute Gasteiger partial charge is 0.493 e. The molecule has 0 atom stereocenters. The van der Waals surface area contributed by atoms with Gasteiger partial charge < -0.3 is 14.4 Å². The summed E-state index contributed by atoms with van der Waals surface area (Å²) < 4.78 is 34.2. The number of carbonyl (C=O) groups is 1. The van der Waals surface area contributed by atoms with E-state index in [1.807, 2.05) is 13.0 Å². The van der Waals surface area contributed by atoms with Crippen LogP contribution in [0.2, 0.25) is 0 Å². The van der Waals surface area contributed by atoms with Gasteiger partial charge in [0.05, 0.1) is 12.0 Å². The maximum absolute atomic E-state index is 12.6. The molecule has 4 nitrogen and oxygen atoms in total. The van der Waals surface area contributed by atoms with Crippen LogP contribution in [0.1, 0.15) is 32.6 Å². The van der Waals surface area contributed by atoms with Gasteiger partial charge in [0.1, 0.15) is 0 Å². The molecule has 25 heavy (non-hydrogen) atoms. The Labute approximate surface area is 150 Å². The average Bonchev–Trinajstić information content (AvgIpc) is 2.95. The summed E-state index contributed by atoms with van der Waals surface area (Å²) in [6, 6.07) is 6.56. The first-order chi connectivity index (χ1) is 11.8. The number of ether oxygens (including phenoxy) is 2. The predicted octanol–water partition coefficient (Wildman–Crippen LogP) is 4.50. The van der Waals surface area contributed by atoms with Crippen LogP contribution in [0.15, 0.2) is 24.3 Å². The zero-order valence-electron chi connectivity index (χ0n) is 14.6. The lowest BCUT2D eigenvalue weighted by molar-refractivity contribution is -0.0512. The Morgan fingerprint density at radius 3 is 2.56 bits per heavy atom. The number of benzene rings is 1. The molecule has 0 saturated heterocycles. The number of alkyl halides is 2. The lowest BCUT2D eigenvalue weighted by atomic mass is 10.2. The topological polar surface area (TPSA) is 38.8 Å². The second-order valence-electron chi connectivity index (χ2n) is 5.60. The minimum absolute atomic E-state index is 0.0308. The summed E-state index contributed by atoms with van der Waals surface area (Å²) in [6.45, 7) is 1.48. The maximum atomic E-state index is 12.6. The average molecular weight is 369 g/mol. The number of amides is 1. The molecule has 1 amide bonds. The van der Waals surface area contributed by atoms with Gasteiger partial charge in [-0.05, 0) is 42.7 Å². The molecule has 1 heterocycles. The number of hydrogen-bond acceptors (Lipinski definition) is 4. The number of methoxy groups -OCH3 is 1. The Bertz CT molecular complexity index is 746. The first-order valence-corrected chi connectivity index (χ1v) is 8.63. The van der Waals surface area contributed by atoms with Crippen LogP contribution in [0.4, 0.5) is 8.78 Å². The van der Waals surface area contributed by atoms with Crippen molar-refractivity contribution >= 4 is 17.2 Å². The number of rotatable bonds is 7. The molecule has 0 aliphatic heterocycles. The van der Waals surface area contributed by atoms with Crippen molar-refractivity contribution in [1.82, 2.24) is 4.90 Å². The summed E-state index contributed by atoms with van der Waals surface area (Å²) in [5.74, 6) is 0.107. The zero-order valence-corrected chi connectivity index (χ0v) is 15.5. The highest BCUT2D eigenvalue weighted by molar-refractivity contribution is 7.14. The van der Waals surface area contributed by atoms with Crippen LogP contribution in [0, 0.1) is 6.92 Å². The molecule has 0 unspecified atom stereocenters. The molecule has 1 aromatic carbocycles. The van der Waals surface area contributed by atoms with Gasteiger partial charge >= 0.3 is 6.61 Å². The van der Waals surface area contributed by atoms with E-state index in [0.29, 0.717) is 11.4 Å². The van der Waals surface area contributed by atoms with Crippen molar-refractivity contribution in [2.45, 2.75) is 33.4 Å². The number of hydrogen-bond donors (Lipinski definition) is 0. The quantitative estimate of drug-likeness (QED) is 0.721. The molecule has 0 aliphatic rings. The number of carbonyl (C=O) groups excluding carboxylic acids is 1. The first kappa shape index (κ1) is 19.2. The van der Waals surface area contributed by atoms with E-state index in [-0.39, 0.29) is 17.4 Å². The van der Waals surface area contributed by atoms with Crippen molar-refractivity contribution < 1.29 is 23.0 Å². The van der Waals surface area contributed by atoms with Crippen molar-refractivity contribution in [3.05, 3.63) is 45.1 Å². The normalized spacial score (nSPS) is 10.8. The minimum Gasteiger partial charge on any atom is -0.493 e. The highest BCUT2D eigenvalue weighted by Gasteiger charge is 2.17. The predicted molar refractivity (Wildman–Crippen MR) is 93.9 cm³/mol. The SMILES string of the molecule is CCc1sc(C(=O)N(C)Cc2ccc(OC(F)F)c(OC)c2)cc1C. The Morgan fingerprint density at radius 1 is 1.28 bits per heavy atom. The van der Waals surface area contributed by atoms with E-state index in [9.17, 15) is 13.6 Å². The highest BCUT2D eigenvalue weighted by atomic mass is 32.1.